The Hall–Kier alpha value is -0.920. The first kappa shape index (κ1) is 16.1. The first-order valence-electron chi connectivity index (χ1n) is 6.28. The van der Waals surface area contributed by atoms with Gasteiger partial charge >= 0.3 is 0 Å². The van der Waals surface area contributed by atoms with Crippen LogP contribution in [0, 0.1) is 0 Å². The third-order valence-electron chi connectivity index (χ3n) is 2.53. The Morgan fingerprint density at radius 2 is 2.21 bits per heavy atom. The number of aryl methyl sites for hydroxylation is 1. The summed E-state index contributed by atoms with van der Waals surface area (Å²) in [5.41, 5.74) is 0.576. The molecule has 0 amide bonds. The van der Waals surface area contributed by atoms with E-state index in [0.717, 1.165) is 6.54 Å². The van der Waals surface area contributed by atoms with Crippen molar-refractivity contribution in [2.75, 3.05) is 45.7 Å². The highest BCUT2D eigenvalue weighted by Gasteiger charge is 2.06. The van der Waals surface area contributed by atoms with Gasteiger partial charge in [-0.15, -0.1) is 0 Å². The van der Waals surface area contributed by atoms with Crippen molar-refractivity contribution in [3.8, 4) is 0 Å². The van der Waals surface area contributed by atoms with Crippen molar-refractivity contribution >= 4 is 21.6 Å². The number of ether oxygens (including phenoxy) is 1. The number of hydrogen-bond acceptors (Lipinski definition) is 5. The molecule has 7 heteroatoms. The quantitative estimate of drug-likeness (QED) is 0.720. The summed E-state index contributed by atoms with van der Waals surface area (Å²) in [6.45, 7) is 5.28. The fourth-order valence-corrected chi connectivity index (χ4v) is 1.87. The Bertz CT molecular complexity index is 448. The van der Waals surface area contributed by atoms with Crippen molar-refractivity contribution in [3.63, 3.8) is 0 Å². The van der Waals surface area contributed by atoms with Crippen LogP contribution in [0.15, 0.2) is 15.5 Å². The predicted octanol–water partition coefficient (Wildman–Crippen LogP) is 1.02. The van der Waals surface area contributed by atoms with Crippen LogP contribution in [0.4, 0.5) is 5.69 Å². The monoisotopic (exact) mass is 332 g/mol. The maximum atomic E-state index is 11.8. The van der Waals surface area contributed by atoms with Gasteiger partial charge < -0.3 is 15.0 Å². The van der Waals surface area contributed by atoms with E-state index in [9.17, 15) is 4.79 Å². The summed E-state index contributed by atoms with van der Waals surface area (Å²) in [6, 6.07) is 0. The molecule has 0 aliphatic carbocycles. The van der Waals surface area contributed by atoms with Gasteiger partial charge in [-0.1, -0.05) is 0 Å². The molecule has 0 bridgehead atoms. The van der Waals surface area contributed by atoms with Gasteiger partial charge in [-0.3, -0.25) is 4.79 Å². The Balaban J connectivity index is 2.38. The van der Waals surface area contributed by atoms with Gasteiger partial charge in [0.05, 0.1) is 25.1 Å². The lowest BCUT2D eigenvalue weighted by molar-refractivity contribution is 0.126. The first-order chi connectivity index (χ1) is 9.06. The minimum Gasteiger partial charge on any atom is -0.380 e. The molecule has 0 atom stereocenters. The van der Waals surface area contributed by atoms with E-state index in [1.807, 2.05) is 21.0 Å². The molecule has 0 radical (unpaired) electrons. The second-order valence-electron chi connectivity index (χ2n) is 4.34. The van der Waals surface area contributed by atoms with Crippen molar-refractivity contribution < 1.29 is 4.74 Å². The molecule has 0 aliphatic heterocycles. The molecular formula is C12H21BrN4O2. The molecule has 1 rings (SSSR count). The van der Waals surface area contributed by atoms with Crippen LogP contribution >= 0.6 is 15.9 Å². The molecule has 0 spiro atoms. The predicted molar refractivity (Wildman–Crippen MR) is 79.7 cm³/mol. The van der Waals surface area contributed by atoms with Gasteiger partial charge in [0.2, 0.25) is 0 Å². The number of nitrogens with zero attached hydrogens (tertiary/aromatic N) is 3. The van der Waals surface area contributed by atoms with E-state index < -0.39 is 0 Å². The fourth-order valence-electron chi connectivity index (χ4n) is 1.42. The molecule has 1 aromatic heterocycles. The van der Waals surface area contributed by atoms with E-state index >= 15 is 0 Å². The fraction of sp³-hybridized carbons (Fsp3) is 0.667. The number of aromatic nitrogens is 2. The summed E-state index contributed by atoms with van der Waals surface area (Å²) >= 11 is 3.29. The second-order valence-corrected chi connectivity index (χ2v) is 5.13. The van der Waals surface area contributed by atoms with Gasteiger partial charge in [-0.25, -0.2) is 4.68 Å². The Morgan fingerprint density at radius 3 is 2.84 bits per heavy atom. The molecular weight excluding hydrogens is 312 g/mol. The van der Waals surface area contributed by atoms with E-state index in [1.54, 1.807) is 6.20 Å². The van der Waals surface area contributed by atoms with E-state index in [1.165, 1.54) is 4.68 Å². The van der Waals surface area contributed by atoms with Crippen LogP contribution in [-0.4, -0.2) is 55.1 Å². The maximum Gasteiger partial charge on any atom is 0.283 e. The van der Waals surface area contributed by atoms with Crippen LogP contribution in [0.1, 0.15) is 6.92 Å². The van der Waals surface area contributed by atoms with Crippen LogP contribution in [0.25, 0.3) is 0 Å². The molecule has 108 valence electrons. The van der Waals surface area contributed by atoms with Gasteiger partial charge in [0, 0.05) is 19.6 Å². The summed E-state index contributed by atoms with van der Waals surface area (Å²) in [6.07, 6.45) is 1.65. The van der Waals surface area contributed by atoms with Crippen molar-refractivity contribution in [2.24, 2.45) is 0 Å². The third kappa shape index (κ3) is 5.30. The van der Waals surface area contributed by atoms with Gasteiger partial charge in [0.15, 0.2) is 0 Å². The molecule has 19 heavy (non-hydrogen) atoms. The summed E-state index contributed by atoms with van der Waals surface area (Å²) in [5, 5.41) is 7.19. The highest BCUT2D eigenvalue weighted by Crippen LogP contribution is 2.15. The number of hydrogen-bond donors (Lipinski definition) is 1. The Labute approximate surface area is 121 Å². The molecule has 0 saturated heterocycles. The lowest BCUT2D eigenvalue weighted by Gasteiger charge is -2.11. The number of likely N-dealkylation sites (N-methyl/N-ethyl adjacent to an activating group) is 1. The molecule has 0 unspecified atom stereocenters. The highest BCUT2D eigenvalue weighted by atomic mass is 79.9. The molecule has 0 saturated carbocycles. The first-order valence-corrected chi connectivity index (χ1v) is 7.07. The Kier molecular flexibility index (Phi) is 7.04. The van der Waals surface area contributed by atoms with Gasteiger partial charge in [0.1, 0.15) is 4.47 Å². The van der Waals surface area contributed by atoms with E-state index in [-0.39, 0.29) is 5.56 Å². The molecule has 0 aliphatic rings. The van der Waals surface area contributed by atoms with E-state index in [0.29, 0.717) is 36.5 Å². The zero-order valence-corrected chi connectivity index (χ0v) is 13.2. The lowest BCUT2D eigenvalue weighted by atomic mass is 10.4. The van der Waals surface area contributed by atoms with Crippen molar-refractivity contribution in [3.05, 3.63) is 21.0 Å². The van der Waals surface area contributed by atoms with Crippen LogP contribution in [0.2, 0.25) is 0 Å². The van der Waals surface area contributed by atoms with Crippen LogP contribution in [0.5, 0.6) is 0 Å². The Morgan fingerprint density at radius 1 is 1.47 bits per heavy atom. The van der Waals surface area contributed by atoms with Crippen molar-refractivity contribution in [1.29, 1.82) is 0 Å². The third-order valence-corrected chi connectivity index (χ3v) is 3.30. The number of nitrogens with one attached hydrogen (secondary N) is 1. The minimum atomic E-state index is -0.124. The van der Waals surface area contributed by atoms with Gasteiger partial charge in [-0.05, 0) is 36.9 Å². The van der Waals surface area contributed by atoms with Crippen molar-refractivity contribution in [2.45, 2.75) is 13.5 Å². The molecule has 1 heterocycles. The number of anilines is 1. The van der Waals surface area contributed by atoms with Gasteiger partial charge in [0.25, 0.3) is 5.56 Å². The van der Waals surface area contributed by atoms with E-state index in [4.69, 9.17) is 4.74 Å². The molecule has 0 fully saturated rings. The highest BCUT2D eigenvalue weighted by molar-refractivity contribution is 9.10. The van der Waals surface area contributed by atoms with Crippen LogP contribution in [0.3, 0.4) is 0 Å². The minimum absolute atomic E-state index is 0.124. The lowest BCUT2D eigenvalue weighted by Crippen LogP contribution is -2.24. The summed E-state index contributed by atoms with van der Waals surface area (Å²) < 4.78 is 7.38. The zero-order valence-electron chi connectivity index (χ0n) is 11.6. The molecule has 0 aromatic carbocycles. The molecule has 1 aromatic rings. The smallest absolute Gasteiger partial charge is 0.283 e. The van der Waals surface area contributed by atoms with Crippen LogP contribution in [-0.2, 0) is 11.3 Å². The van der Waals surface area contributed by atoms with Gasteiger partial charge in [-0.2, -0.15) is 5.10 Å². The molecule has 6 nitrogen and oxygen atoms in total. The summed E-state index contributed by atoms with van der Waals surface area (Å²) in [7, 11) is 4.01. The maximum absolute atomic E-state index is 11.8. The normalized spacial score (nSPS) is 11.0. The average molecular weight is 333 g/mol. The SMILES string of the molecule is CCn1ncc(NCCOCCN(C)C)c(Br)c1=O. The topological polar surface area (TPSA) is 59.4 Å². The summed E-state index contributed by atoms with van der Waals surface area (Å²) in [4.78, 5) is 13.9. The average Bonchev–Trinajstić information content (AvgIpc) is 2.38. The number of rotatable bonds is 8. The number of halogens is 1. The summed E-state index contributed by atoms with van der Waals surface area (Å²) in [5.74, 6) is 0. The van der Waals surface area contributed by atoms with Crippen molar-refractivity contribution in [1.82, 2.24) is 14.7 Å². The largest absolute Gasteiger partial charge is 0.380 e. The molecule has 1 N–H and O–H groups in total. The van der Waals surface area contributed by atoms with E-state index in [2.05, 4.69) is 31.2 Å². The standard InChI is InChI=1S/C12H21BrN4O2/c1-4-17-12(18)11(13)10(9-15-17)14-5-7-19-8-6-16(2)3/h9,14H,4-8H2,1-3H3. The zero-order chi connectivity index (χ0) is 14.3. The van der Waals surface area contributed by atoms with Crippen LogP contribution < -0.4 is 10.9 Å². The second kappa shape index (κ2) is 8.29.